The van der Waals surface area contributed by atoms with Crippen LogP contribution in [0.5, 0.6) is 0 Å². The van der Waals surface area contributed by atoms with Crippen LogP contribution in [0.1, 0.15) is 38.1 Å². The molecule has 76 valence electrons. The highest BCUT2D eigenvalue weighted by molar-refractivity contribution is 4.78. The highest BCUT2D eigenvalue weighted by atomic mass is 15.1. The van der Waals surface area contributed by atoms with E-state index in [0.717, 1.165) is 12.6 Å². The number of allylic oxidation sites excluding steroid dienone is 1. The van der Waals surface area contributed by atoms with Gasteiger partial charge in [-0.3, -0.25) is 0 Å². The van der Waals surface area contributed by atoms with Crippen LogP contribution in [0.4, 0.5) is 0 Å². The molecule has 0 saturated heterocycles. The fourth-order valence-electron chi connectivity index (χ4n) is 2.26. The lowest BCUT2D eigenvalue weighted by Crippen LogP contribution is -2.30. The molecular weight excluding hydrogens is 172 g/mol. The largest absolute Gasteiger partial charge is 0.244 e. The molecule has 1 saturated carbocycles. The monoisotopic (exact) mass is 191 g/mol. The minimum absolute atomic E-state index is 0.745. The van der Waals surface area contributed by atoms with Gasteiger partial charge in [0.25, 0.3) is 0 Å². The molecule has 1 aromatic heterocycles. The van der Waals surface area contributed by atoms with Gasteiger partial charge in [0.2, 0.25) is 6.33 Å². The minimum Gasteiger partial charge on any atom is -0.234 e. The zero-order chi connectivity index (χ0) is 9.80. The Balaban J connectivity index is 2.03. The maximum absolute atomic E-state index is 3.75. The van der Waals surface area contributed by atoms with Crippen molar-refractivity contribution < 1.29 is 4.57 Å². The summed E-state index contributed by atoms with van der Waals surface area (Å²) in [5.74, 6) is 0. The minimum atomic E-state index is 0.745. The van der Waals surface area contributed by atoms with Gasteiger partial charge in [-0.15, -0.1) is 0 Å². The van der Waals surface area contributed by atoms with Crippen LogP contribution >= 0.6 is 0 Å². The summed E-state index contributed by atoms with van der Waals surface area (Å²) in [6.45, 7) is 4.66. The molecule has 1 aliphatic carbocycles. The molecule has 0 N–H and O–H groups in total. The Morgan fingerprint density at radius 1 is 1.36 bits per heavy atom. The van der Waals surface area contributed by atoms with Crippen molar-refractivity contribution >= 4 is 0 Å². The molecule has 14 heavy (non-hydrogen) atoms. The molecule has 1 aliphatic rings. The molecule has 0 aliphatic heterocycles. The van der Waals surface area contributed by atoms with Crippen LogP contribution < -0.4 is 4.57 Å². The summed E-state index contributed by atoms with van der Waals surface area (Å²) in [5.41, 5.74) is 0. The van der Waals surface area contributed by atoms with E-state index in [4.69, 9.17) is 0 Å². The quantitative estimate of drug-likeness (QED) is 0.512. The molecule has 1 heterocycles. The van der Waals surface area contributed by atoms with Crippen LogP contribution in [0, 0.1) is 0 Å². The fourth-order valence-corrected chi connectivity index (χ4v) is 2.26. The Morgan fingerprint density at radius 3 is 2.86 bits per heavy atom. The first-order valence-electron chi connectivity index (χ1n) is 5.57. The van der Waals surface area contributed by atoms with Gasteiger partial charge in [-0.2, -0.15) is 0 Å². The first-order chi connectivity index (χ1) is 6.90. The van der Waals surface area contributed by atoms with Crippen LogP contribution in [0.2, 0.25) is 0 Å². The third-order valence-electron chi connectivity index (χ3n) is 3.05. The first kappa shape index (κ1) is 9.50. The highest BCUT2D eigenvalue weighted by Gasteiger charge is 2.19. The topological polar surface area (TPSA) is 8.81 Å². The molecule has 2 nitrogen and oxygen atoms in total. The van der Waals surface area contributed by atoms with Gasteiger partial charge >= 0.3 is 0 Å². The van der Waals surface area contributed by atoms with Crippen molar-refractivity contribution in [3.8, 4) is 0 Å². The lowest BCUT2D eigenvalue weighted by Gasteiger charge is -2.18. The van der Waals surface area contributed by atoms with Crippen molar-refractivity contribution in [2.24, 2.45) is 0 Å². The normalized spacial score (nSPS) is 18.3. The summed E-state index contributed by atoms with van der Waals surface area (Å²) < 4.78 is 4.55. The predicted molar refractivity (Wildman–Crippen MR) is 56.9 cm³/mol. The van der Waals surface area contributed by atoms with Gasteiger partial charge in [-0.25, -0.2) is 9.13 Å². The summed E-state index contributed by atoms with van der Waals surface area (Å²) in [5, 5.41) is 0. The zero-order valence-corrected chi connectivity index (χ0v) is 8.73. The molecule has 0 spiro atoms. The number of hydrogen-bond donors (Lipinski definition) is 0. The van der Waals surface area contributed by atoms with Gasteiger partial charge in [0.15, 0.2) is 0 Å². The van der Waals surface area contributed by atoms with Crippen LogP contribution in [-0.4, -0.2) is 4.57 Å². The van der Waals surface area contributed by atoms with Gasteiger partial charge < -0.3 is 0 Å². The van der Waals surface area contributed by atoms with Gasteiger partial charge in [0, 0.05) is 0 Å². The standard InChI is InChI=1S/C12H19N2/c1-2-8-13-9-10-14(11-13)12-6-4-3-5-7-12/h2,9-12H,1,3-8H2/q+1. The van der Waals surface area contributed by atoms with Crippen LogP contribution in [0.25, 0.3) is 0 Å². The van der Waals surface area contributed by atoms with Crippen molar-refractivity contribution in [3.05, 3.63) is 31.4 Å². The third-order valence-corrected chi connectivity index (χ3v) is 3.05. The number of imidazole rings is 1. The van der Waals surface area contributed by atoms with E-state index in [1.165, 1.54) is 32.1 Å². The second-order valence-corrected chi connectivity index (χ2v) is 4.14. The molecular formula is C12H19N2+. The van der Waals surface area contributed by atoms with Crippen LogP contribution in [-0.2, 0) is 6.54 Å². The van der Waals surface area contributed by atoms with Gasteiger partial charge in [-0.05, 0) is 25.7 Å². The zero-order valence-electron chi connectivity index (χ0n) is 8.73. The molecule has 2 heteroatoms. The van der Waals surface area contributed by atoms with Crippen molar-refractivity contribution in [1.29, 1.82) is 0 Å². The number of aromatic nitrogens is 2. The number of hydrogen-bond acceptors (Lipinski definition) is 0. The molecule has 0 unspecified atom stereocenters. The summed E-state index contributed by atoms with van der Waals surface area (Å²) >= 11 is 0. The van der Waals surface area contributed by atoms with E-state index in [0.29, 0.717) is 0 Å². The van der Waals surface area contributed by atoms with E-state index in [2.05, 4.69) is 34.4 Å². The predicted octanol–water partition coefficient (Wildman–Crippen LogP) is 2.47. The van der Waals surface area contributed by atoms with Gasteiger partial charge in [0.05, 0.1) is 0 Å². The Morgan fingerprint density at radius 2 is 2.14 bits per heavy atom. The second-order valence-electron chi connectivity index (χ2n) is 4.14. The van der Waals surface area contributed by atoms with E-state index in [-0.39, 0.29) is 0 Å². The Labute approximate surface area is 85.9 Å². The summed E-state index contributed by atoms with van der Waals surface area (Å²) in [4.78, 5) is 0. The lowest BCUT2D eigenvalue weighted by atomic mass is 9.95. The molecule has 0 aromatic carbocycles. The third kappa shape index (κ3) is 2.06. The van der Waals surface area contributed by atoms with E-state index in [9.17, 15) is 0 Å². The van der Waals surface area contributed by atoms with Crippen molar-refractivity contribution in [3.63, 3.8) is 0 Å². The Hall–Kier alpha value is -1.05. The summed E-state index contributed by atoms with van der Waals surface area (Å²) in [7, 11) is 0. The fraction of sp³-hybridized carbons (Fsp3) is 0.583. The second kappa shape index (κ2) is 4.45. The Bertz CT molecular complexity index is 295. The Kier molecular flexibility index (Phi) is 3.02. The maximum atomic E-state index is 3.75. The van der Waals surface area contributed by atoms with Crippen molar-refractivity contribution in [2.75, 3.05) is 0 Å². The molecule has 1 fully saturated rings. The SMILES string of the molecule is C=CC[n+]1ccn(C2CCCCC2)c1. The van der Waals surface area contributed by atoms with Crippen molar-refractivity contribution in [2.45, 2.75) is 44.7 Å². The van der Waals surface area contributed by atoms with Crippen LogP contribution in [0.15, 0.2) is 31.4 Å². The van der Waals surface area contributed by atoms with Gasteiger partial charge in [-0.1, -0.05) is 19.1 Å². The molecule has 1 aromatic rings. The van der Waals surface area contributed by atoms with E-state index < -0.39 is 0 Å². The smallest absolute Gasteiger partial charge is 0.234 e. The molecule has 0 amide bonds. The van der Waals surface area contributed by atoms with E-state index in [1.807, 2.05) is 6.08 Å². The summed E-state index contributed by atoms with van der Waals surface area (Å²) in [6, 6.07) is 0.745. The van der Waals surface area contributed by atoms with Crippen molar-refractivity contribution in [1.82, 2.24) is 4.57 Å². The number of rotatable bonds is 3. The lowest BCUT2D eigenvalue weighted by molar-refractivity contribution is -0.686. The van der Waals surface area contributed by atoms with Crippen LogP contribution in [0.3, 0.4) is 0 Å². The maximum Gasteiger partial charge on any atom is 0.244 e. The number of nitrogens with zero attached hydrogens (tertiary/aromatic N) is 2. The molecule has 2 rings (SSSR count). The molecule has 0 radical (unpaired) electrons. The summed E-state index contributed by atoms with van der Waals surface area (Å²) in [6.07, 6.45) is 15.4. The average Bonchev–Trinajstić information content (AvgIpc) is 2.68. The highest BCUT2D eigenvalue weighted by Crippen LogP contribution is 2.27. The molecule has 0 bridgehead atoms. The first-order valence-corrected chi connectivity index (χ1v) is 5.57. The van der Waals surface area contributed by atoms with E-state index in [1.54, 1.807) is 0 Å². The van der Waals surface area contributed by atoms with Gasteiger partial charge in [0.1, 0.15) is 25.0 Å². The molecule has 0 atom stereocenters. The van der Waals surface area contributed by atoms with E-state index >= 15 is 0 Å². The average molecular weight is 191 g/mol.